The van der Waals surface area contributed by atoms with Crippen molar-refractivity contribution in [3.8, 4) is 6.07 Å². The number of nitriles is 1. The fourth-order valence-electron chi connectivity index (χ4n) is 1.43. The molecule has 0 spiro atoms. The topological polar surface area (TPSA) is 68.2 Å². The van der Waals surface area contributed by atoms with E-state index in [1.807, 2.05) is 19.1 Å². The predicted molar refractivity (Wildman–Crippen MR) is 71.5 cm³/mol. The molecular weight excluding hydrogens is 228 g/mol. The Hall–Kier alpha value is -2.22. The Morgan fingerprint density at radius 1 is 1.39 bits per heavy atom. The van der Waals surface area contributed by atoms with E-state index in [9.17, 15) is 4.79 Å². The molecule has 0 saturated carbocycles. The number of urea groups is 1. The summed E-state index contributed by atoms with van der Waals surface area (Å²) in [6.07, 6.45) is 0. The first-order valence-electron chi connectivity index (χ1n) is 5.74. The van der Waals surface area contributed by atoms with Gasteiger partial charge in [-0.1, -0.05) is 6.07 Å². The Bertz CT molecular complexity index is 463. The van der Waals surface area contributed by atoms with Crippen LogP contribution in [0.4, 0.5) is 10.5 Å². The van der Waals surface area contributed by atoms with E-state index in [1.54, 1.807) is 20.2 Å². The zero-order valence-electron chi connectivity index (χ0n) is 10.9. The molecule has 96 valence electrons. The number of hydrogen-bond acceptors (Lipinski definition) is 3. The average molecular weight is 246 g/mol. The van der Waals surface area contributed by atoms with Crippen LogP contribution in [0, 0.1) is 18.3 Å². The van der Waals surface area contributed by atoms with E-state index < -0.39 is 0 Å². The van der Waals surface area contributed by atoms with Crippen molar-refractivity contribution in [1.29, 1.82) is 5.26 Å². The Kier molecular flexibility index (Phi) is 5.00. The lowest BCUT2D eigenvalue weighted by atomic mass is 10.1. The minimum Gasteiger partial charge on any atom is -0.382 e. The molecule has 1 rings (SSSR count). The van der Waals surface area contributed by atoms with Gasteiger partial charge in [0.25, 0.3) is 0 Å². The number of benzene rings is 1. The number of carbonyl (C=O) groups is 1. The van der Waals surface area contributed by atoms with Crippen molar-refractivity contribution in [2.24, 2.45) is 0 Å². The van der Waals surface area contributed by atoms with Gasteiger partial charge in [0.15, 0.2) is 0 Å². The maximum atomic E-state index is 11.3. The number of anilines is 1. The van der Waals surface area contributed by atoms with Gasteiger partial charge >= 0.3 is 6.03 Å². The molecule has 0 aliphatic heterocycles. The number of nitrogens with one attached hydrogen (secondary N) is 2. The molecule has 2 N–H and O–H groups in total. The largest absolute Gasteiger partial charge is 0.382 e. The number of carbonyl (C=O) groups excluding carboxylic acids is 1. The van der Waals surface area contributed by atoms with Crippen molar-refractivity contribution in [2.75, 3.05) is 32.5 Å². The molecule has 0 heterocycles. The van der Waals surface area contributed by atoms with E-state index in [1.165, 1.54) is 4.90 Å². The summed E-state index contributed by atoms with van der Waals surface area (Å²) >= 11 is 0. The quantitative estimate of drug-likeness (QED) is 0.792. The first-order valence-corrected chi connectivity index (χ1v) is 5.74. The van der Waals surface area contributed by atoms with Gasteiger partial charge in [0.05, 0.1) is 11.3 Å². The minimum absolute atomic E-state index is 0.124. The fourth-order valence-corrected chi connectivity index (χ4v) is 1.43. The van der Waals surface area contributed by atoms with Crippen LogP contribution in [-0.4, -0.2) is 38.1 Å². The lowest BCUT2D eigenvalue weighted by Crippen LogP contribution is -2.37. The second-order valence-corrected chi connectivity index (χ2v) is 4.21. The van der Waals surface area contributed by atoms with Gasteiger partial charge in [0.2, 0.25) is 0 Å². The molecule has 1 aromatic rings. The van der Waals surface area contributed by atoms with Crippen LogP contribution < -0.4 is 10.6 Å². The van der Waals surface area contributed by atoms with Gasteiger partial charge in [-0.15, -0.1) is 0 Å². The van der Waals surface area contributed by atoms with Crippen molar-refractivity contribution in [1.82, 2.24) is 10.2 Å². The zero-order valence-corrected chi connectivity index (χ0v) is 10.9. The molecule has 18 heavy (non-hydrogen) atoms. The summed E-state index contributed by atoms with van der Waals surface area (Å²) in [5.41, 5.74) is 2.50. The molecule has 0 fully saturated rings. The second kappa shape index (κ2) is 6.50. The summed E-state index contributed by atoms with van der Waals surface area (Å²) in [5.74, 6) is 0. The number of amides is 2. The Morgan fingerprint density at radius 3 is 2.72 bits per heavy atom. The van der Waals surface area contributed by atoms with Gasteiger partial charge < -0.3 is 15.5 Å². The summed E-state index contributed by atoms with van der Waals surface area (Å²) in [7, 11) is 3.38. The van der Waals surface area contributed by atoms with Crippen LogP contribution >= 0.6 is 0 Å². The molecule has 5 heteroatoms. The summed E-state index contributed by atoms with van der Waals surface area (Å²) in [4.78, 5) is 12.7. The third-order valence-electron chi connectivity index (χ3n) is 2.42. The average Bonchev–Trinajstić information content (AvgIpc) is 2.34. The SMILES string of the molecule is Cc1ccc(C#N)c(NCCNC(=O)N(C)C)c1. The number of aryl methyl sites for hydroxylation is 1. The van der Waals surface area contributed by atoms with Crippen molar-refractivity contribution in [3.05, 3.63) is 29.3 Å². The molecule has 5 nitrogen and oxygen atoms in total. The Labute approximate surface area is 107 Å². The fraction of sp³-hybridized carbons (Fsp3) is 0.385. The molecular formula is C13H18N4O. The van der Waals surface area contributed by atoms with Crippen LogP contribution in [-0.2, 0) is 0 Å². The predicted octanol–water partition coefficient (Wildman–Crippen LogP) is 1.55. The lowest BCUT2D eigenvalue weighted by Gasteiger charge is -2.13. The van der Waals surface area contributed by atoms with E-state index in [0.717, 1.165) is 11.3 Å². The smallest absolute Gasteiger partial charge is 0.316 e. The highest BCUT2D eigenvalue weighted by molar-refractivity contribution is 5.73. The van der Waals surface area contributed by atoms with Crippen LogP contribution in [0.3, 0.4) is 0 Å². The molecule has 0 unspecified atom stereocenters. The third-order valence-corrected chi connectivity index (χ3v) is 2.42. The highest BCUT2D eigenvalue weighted by Gasteiger charge is 2.03. The van der Waals surface area contributed by atoms with E-state index in [0.29, 0.717) is 18.7 Å². The molecule has 0 atom stereocenters. The molecule has 2 amide bonds. The monoisotopic (exact) mass is 246 g/mol. The van der Waals surface area contributed by atoms with Gasteiger partial charge in [-0.25, -0.2) is 4.79 Å². The number of nitrogens with zero attached hydrogens (tertiary/aromatic N) is 2. The zero-order chi connectivity index (χ0) is 13.5. The van der Waals surface area contributed by atoms with Gasteiger partial charge in [-0.2, -0.15) is 5.26 Å². The maximum absolute atomic E-state index is 11.3. The third kappa shape index (κ3) is 3.98. The summed E-state index contributed by atoms with van der Waals surface area (Å²) in [6, 6.07) is 7.62. The first-order chi connectivity index (χ1) is 8.54. The highest BCUT2D eigenvalue weighted by Crippen LogP contribution is 2.15. The van der Waals surface area contributed by atoms with E-state index >= 15 is 0 Å². The van der Waals surface area contributed by atoms with Gasteiger partial charge in [-0.3, -0.25) is 0 Å². The molecule has 0 aliphatic carbocycles. The van der Waals surface area contributed by atoms with Crippen molar-refractivity contribution in [3.63, 3.8) is 0 Å². The summed E-state index contributed by atoms with van der Waals surface area (Å²) in [5, 5.41) is 14.9. The van der Waals surface area contributed by atoms with Crippen molar-refractivity contribution < 1.29 is 4.79 Å². The molecule has 0 aromatic heterocycles. The van der Waals surface area contributed by atoms with Crippen LogP contribution in [0.5, 0.6) is 0 Å². The van der Waals surface area contributed by atoms with Crippen LogP contribution in [0.15, 0.2) is 18.2 Å². The maximum Gasteiger partial charge on any atom is 0.316 e. The molecule has 0 radical (unpaired) electrons. The van der Waals surface area contributed by atoms with Crippen molar-refractivity contribution >= 4 is 11.7 Å². The van der Waals surface area contributed by atoms with Crippen LogP contribution in [0.25, 0.3) is 0 Å². The highest BCUT2D eigenvalue weighted by atomic mass is 16.2. The standard InChI is InChI=1S/C13H18N4O/c1-10-4-5-11(9-14)12(8-10)15-6-7-16-13(18)17(2)3/h4-5,8,15H,6-7H2,1-3H3,(H,16,18). The van der Waals surface area contributed by atoms with Crippen molar-refractivity contribution in [2.45, 2.75) is 6.92 Å². The Morgan fingerprint density at radius 2 is 2.11 bits per heavy atom. The normalized spacial score (nSPS) is 9.44. The van der Waals surface area contributed by atoms with E-state index in [-0.39, 0.29) is 6.03 Å². The molecule has 1 aromatic carbocycles. The molecule has 0 bridgehead atoms. The van der Waals surface area contributed by atoms with Gasteiger partial charge in [0, 0.05) is 27.2 Å². The lowest BCUT2D eigenvalue weighted by molar-refractivity contribution is 0.218. The number of hydrogen-bond donors (Lipinski definition) is 2. The Balaban J connectivity index is 2.47. The first kappa shape index (κ1) is 13.8. The minimum atomic E-state index is -0.124. The van der Waals surface area contributed by atoms with E-state index in [4.69, 9.17) is 5.26 Å². The summed E-state index contributed by atoms with van der Waals surface area (Å²) in [6.45, 7) is 3.06. The number of rotatable bonds is 4. The van der Waals surface area contributed by atoms with Gasteiger partial charge in [0.1, 0.15) is 6.07 Å². The van der Waals surface area contributed by atoms with Crippen LogP contribution in [0.1, 0.15) is 11.1 Å². The van der Waals surface area contributed by atoms with E-state index in [2.05, 4.69) is 16.7 Å². The molecule has 0 aliphatic rings. The summed E-state index contributed by atoms with van der Waals surface area (Å²) < 4.78 is 0. The molecule has 0 saturated heterocycles. The second-order valence-electron chi connectivity index (χ2n) is 4.21. The van der Waals surface area contributed by atoms with Gasteiger partial charge in [-0.05, 0) is 24.6 Å². The van der Waals surface area contributed by atoms with Crippen LogP contribution in [0.2, 0.25) is 0 Å².